The lowest BCUT2D eigenvalue weighted by Gasteiger charge is -2.58. The highest BCUT2D eigenvalue weighted by atomic mass is 16.6. The molecule has 0 radical (unpaired) electrons. The number of unbranched alkanes of at least 4 members (excludes halogenated alkanes) is 9. The lowest BCUT2D eigenvalue weighted by atomic mass is 9.47. The molecule has 4 aliphatic carbocycles. The number of rotatable bonds is 31. The van der Waals surface area contributed by atoms with E-state index in [1.807, 2.05) is 0 Å². The van der Waals surface area contributed by atoms with Gasteiger partial charge in [-0.3, -0.25) is 4.90 Å². The molecule has 4 unspecified atom stereocenters. The molecule has 8 heteroatoms. The fraction of sp³-hybridized carbons (Fsp3) is 0.871. The highest BCUT2D eigenvalue weighted by Crippen LogP contribution is 2.67. The van der Waals surface area contributed by atoms with E-state index < -0.39 is 6.04 Å². The molecule has 6 aliphatic rings. The van der Waals surface area contributed by atoms with Crippen LogP contribution in [0.5, 0.6) is 0 Å². The fourth-order valence-electron chi connectivity index (χ4n) is 14.8. The number of amides is 1. The largest absolute Gasteiger partial charge is 0.464 e. The van der Waals surface area contributed by atoms with Crippen molar-refractivity contribution in [2.45, 2.75) is 246 Å². The molecule has 0 aromatic carbocycles. The summed E-state index contributed by atoms with van der Waals surface area (Å²) in [5.74, 6) is 4.57. The van der Waals surface area contributed by atoms with Gasteiger partial charge in [-0.1, -0.05) is 142 Å². The average molecular weight is 976 g/mol. The Morgan fingerprint density at radius 3 is 2.27 bits per heavy atom. The Hall–Kier alpha value is -2.16. The summed E-state index contributed by atoms with van der Waals surface area (Å²) in [6.07, 6.45) is 46.0. The number of carbonyl (C=O) groups is 2. The molecule has 0 spiro atoms. The highest BCUT2D eigenvalue weighted by Gasteiger charge is 2.59. The number of ether oxygens (including phenoxy) is 4. The third kappa shape index (κ3) is 16.9. The van der Waals surface area contributed by atoms with E-state index in [-0.39, 0.29) is 36.3 Å². The van der Waals surface area contributed by atoms with Gasteiger partial charge in [0.05, 0.1) is 25.9 Å². The molecular weight excluding hydrogens is 869 g/mol. The number of carbonyl (C=O) groups excluding carboxylic acids is 2. The predicted octanol–water partition coefficient (Wildman–Crippen LogP) is 15.6. The summed E-state index contributed by atoms with van der Waals surface area (Å²) in [7, 11) is 0. The number of allylic oxidation sites excluding steroid dienone is 5. The predicted molar refractivity (Wildman–Crippen MR) is 289 cm³/mol. The quantitative estimate of drug-likeness (QED) is 0.0389. The Kier molecular flexibility index (Phi) is 24.7. The number of likely N-dealkylation sites (tertiary alicyclic amines) is 2. The van der Waals surface area contributed by atoms with Crippen LogP contribution in [0.2, 0.25) is 0 Å². The SMILES string of the molecule is CCCCCC=CCC=CCCCCCCCCOCC(CN1CCCCC1)OCCCOC(=O)[C@@H]1CCCN1C(=O)O[C@H]1CC[C@@]2(C)C(=CCC3C2CC[C@@]2(C)C3CC[C@@H]2[C@H](C)CCCC(C)C)C1. The van der Waals surface area contributed by atoms with Gasteiger partial charge in [-0.25, -0.2) is 9.59 Å². The third-order valence-corrected chi connectivity index (χ3v) is 18.9. The molecule has 6 rings (SSSR count). The number of hydrogen-bond acceptors (Lipinski definition) is 7. The second kappa shape index (κ2) is 30.3. The van der Waals surface area contributed by atoms with Gasteiger partial charge in [0.2, 0.25) is 0 Å². The summed E-state index contributed by atoms with van der Waals surface area (Å²) < 4.78 is 24.7. The number of nitrogens with zero attached hydrogens (tertiary/aromatic N) is 2. The van der Waals surface area contributed by atoms with Crippen molar-refractivity contribution in [3.8, 4) is 0 Å². The Balaban J connectivity index is 0.852. The topological polar surface area (TPSA) is 77.5 Å². The maximum atomic E-state index is 13.8. The van der Waals surface area contributed by atoms with Crippen molar-refractivity contribution in [1.29, 1.82) is 0 Å². The van der Waals surface area contributed by atoms with Gasteiger partial charge in [0.15, 0.2) is 0 Å². The maximum absolute atomic E-state index is 13.8. The van der Waals surface area contributed by atoms with Gasteiger partial charge in [-0.15, -0.1) is 0 Å². The maximum Gasteiger partial charge on any atom is 0.410 e. The van der Waals surface area contributed by atoms with Crippen LogP contribution in [-0.4, -0.2) is 92.7 Å². The zero-order chi connectivity index (χ0) is 49.6. The minimum Gasteiger partial charge on any atom is -0.464 e. The van der Waals surface area contributed by atoms with Gasteiger partial charge in [0.25, 0.3) is 0 Å². The van der Waals surface area contributed by atoms with E-state index in [0.717, 1.165) is 100 Å². The van der Waals surface area contributed by atoms with E-state index in [1.165, 1.54) is 140 Å². The molecule has 5 fully saturated rings. The molecule has 2 aliphatic heterocycles. The number of piperidine rings is 1. The zero-order valence-corrected chi connectivity index (χ0v) is 46.1. The second-order valence-electron chi connectivity index (χ2n) is 24.4. The summed E-state index contributed by atoms with van der Waals surface area (Å²) in [5.41, 5.74) is 2.23. The monoisotopic (exact) mass is 975 g/mol. The van der Waals surface area contributed by atoms with Crippen molar-refractivity contribution in [3.63, 3.8) is 0 Å². The summed E-state index contributed by atoms with van der Waals surface area (Å²) in [5, 5.41) is 0. The van der Waals surface area contributed by atoms with Crippen molar-refractivity contribution in [2.75, 3.05) is 52.6 Å². The van der Waals surface area contributed by atoms with Crippen molar-refractivity contribution in [1.82, 2.24) is 9.80 Å². The summed E-state index contributed by atoms with van der Waals surface area (Å²) in [6, 6.07) is -0.568. The fourth-order valence-corrected chi connectivity index (χ4v) is 14.8. The lowest BCUT2D eigenvalue weighted by molar-refractivity contribution is -0.149. The normalized spacial score (nSPS) is 30.1. The Bertz CT molecular complexity index is 1600. The second-order valence-corrected chi connectivity index (χ2v) is 24.4. The Morgan fingerprint density at radius 1 is 0.743 bits per heavy atom. The van der Waals surface area contributed by atoms with Gasteiger partial charge < -0.3 is 23.8 Å². The van der Waals surface area contributed by atoms with E-state index in [0.29, 0.717) is 38.0 Å². The summed E-state index contributed by atoms with van der Waals surface area (Å²) in [4.78, 5) is 31.4. The van der Waals surface area contributed by atoms with Crippen molar-refractivity contribution in [3.05, 3.63) is 36.0 Å². The molecule has 0 aromatic rings. The molecule has 2 heterocycles. The molecule has 8 nitrogen and oxygen atoms in total. The van der Waals surface area contributed by atoms with E-state index in [9.17, 15) is 9.59 Å². The number of hydrogen-bond donors (Lipinski definition) is 0. The van der Waals surface area contributed by atoms with Crippen molar-refractivity contribution in [2.24, 2.45) is 46.3 Å². The number of fused-ring (bicyclic) bond motifs is 5. The molecule has 3 saturated carbocycles. The molecule has 1 amide bonds. The van der Waals surface area contributed by atoms with Crippen LogP contribution in [0.15, 0.2) is 36.0 Å². The van der Waals surface area contributed by atoms with Gasteiger partial charge in [0, 0.05) is 32.5 Å². The van der Waals surface area contributed by atoms with Crippen molar-refractivity contribution < 1.29 is 28.5 Å². The van der Waals surface area contributed by atoms with Crippen LogP contribution in [0.25, 0.3) is 0 Å². The van der Waals surface area contributed by atoms with Crippen LogP contribution in [0, 0.1) is 46.3 Å². The number of esters is 1. The van der Waals surface area contributed by atoms with E-state index in [1.54, 1.807) is 4.90 Å². The summed E-state index contributed by atoms with van der Waals surface area (Å²) >= 11 is 0. The molecule has 0 N–H and O–H groups in total. The van der Waals surface area contributed by atoms with Crippen LogP contribution in [0.1, 0.15) is 228 Å². The van der Waals surface area contributed by atoms with Crippen LogP contribution in [0.3, 0.4) is 0 Å². The van der Waals surface area contributed by atoms with Crippen LogP contribution >= 0.6 is 0 Å². The first-order valence-electron chi connectivity index (χ1n) is 30.1. The average Bonchev–Trinajstić information content (AvgIpc) is 3.99. The van der Waals surface area contributed by atoms with E-state index >= 15 is 0 Å². The minimum atomic E-state index is -0.568. The standard InChI is InChI=1S/C62H106N2O6/c1-7-8-9-10-11-12-13-14-15-16-17-18-19-20-21-25-43-67-48-53(47-63-40-23-22-24-41-63)68-44-28-45-69-59(65)58-31-27-42-64(58)60(66)70-52-36-38-61(5)51(46-52)32-33-54-56-35-34-55(50(4)30-26-29-49(2)3)62(56,6)39-37-57(54)61/h11-12,14-15,32,49-50,52-58H,7-10,13,16-31,33-48H2,1-6H3/t50-,52+,53?,54?,55-,56?,57?,58+,61+,62-/m1/s1. The smallest absolute Gasteiger partial charge is 0.410 e. The first kappa shape index (κ1) is 57.1. The lowest BCUT2D eigenvalue weighted by Crippen LogP contribution is -2.51. The molecule has 0 bridgehead atoms. The Labute approximate surface area is 429 Å². The van der Waals surface area contributed by atoms with Crippen LogP contribution in [-0.2, 0) is 23.7 Å². The van der Waals surface area contributed by atoms with Crippen LogP contribution < -0.4 is 0 Å². The molecule has 2 saturated heterocycles. The van der Waals surface area contributed by atoms with Gasteiger partial charge >= 0.3 is 12.1 Å². The van der Waals surface area contributed by atoms with Gasteiger partial charge in [-0.2, -0.15) is 0 Å². The first-order chi connectivity index (χ1) is 34.0. The van der Waals surface area contributed by atoms with Gasteiger partial charge in [0.1, 0.15) is 12.1 Å². The summed E-state index contributed by atoms with van der Waals surface area (Å²) in [6.45, 7) is 20.7. The van der Waals surface area contributed by atoms with Crippen molar-refractivity contribution >= 4 is 12.1 Å². The van der Waals surface area contributed by atoms with Crippen LogP contribution in [0.4, 0.5) is 4.79 Å². The first-order valence-corrected chi connectivity index (χ1v) is 30.1. The molecule has 400 valence electrons. The van der Waals surface area contributed by atoms with E-state index in [4.69, 9.17) is 18.9 Å². The third-order valence-electron chi connectivity index (χ3n) is 18.9. The Morgan fingerprint density at radius 2 is 1.50 bits per heavy atom. The minimum absolute atomic E-state index is 0.0125. The highest BCUT2D eigenvalue weighted by molar-refractivity contribution is 5.82. The van der Waals surface area contributed by atoms with E-state index in [2.05, 4.69) is 76.8 Å². The molecule has 0 aromatic heterocycles. The molecular formula is C62H106N2O6. The van der Waals surface area contributed by atoms with Gasteiger partial charge in [-0.05, 0) is 169 Å². The molecule has 10 atom stereocenters. The molecule has 70 heavy (non-hydrogen) atoms. The zero-order valence-electron chi connectivity index (χ0n) is 46.1.